The normalized spacial score (nSPS) is 11.4. The minimum atomic E-state index is -4.52. The van der Waals surface area contributed by atoms with Gasteiger partial charge in [0.2, 0.25) is 0 Å². The van der Waals surface area contributed by atoms with Crippen molar-refractivity contribution >= 4 is 11.9 Å². The van der Waals surface area contributed by atoms with Crippen molar-refractivity contribution in [3.8, 4) is 33.6 Å². The number of aromatic nitrogens is 1. The lowest BCUT2D eigenvalue weighted by molar-refractivity contribution is -0.141. The van der Waals surface area contributed by atoms with Crippen molar-refractivity contribution in [2.75, 3.05) is 13.7 Å². The van der Waals surface area contributed by atoms with Gasteiger partial charge in [0.05, 0.1) is 36.2 Å². The van der Waals surface area contributed by atoms with E-state index in [2.05, 4.69) is 0 Å². The van der Waals surface area contributed by atoms with Gasteiger partial charge in [-0.15, -0.1) is 0 Å². The Morgan fingerprint density at radius 1 is 0.769 bits per heavy atom. The number of alkyl halides is 3. The lowest BCUT2D eigenvalue weighted by Gasteiger charge is -2.15. The van der Waals surface area contributed by atoms with Gasteiger partial charge in [-0.25, -0.2) is 4.79 Å². The molecule has 1 heterocycles. The molecule has 39 heavy (non-hydrogen) atoms. The summed E-state index contributed by atoms with van der Waals surface area (Å²) < 4.78 is 52.3. The second-order valence-electron chi connectivity index (χ2n) is 9.14. The fourth-order valence-electron chi connectivity index (χ4n) is 4.50. The van der Waals surface area contributed by atoms with Crippen LogP contribution in [-0.2, 0) is 27.0 Å². The molecule has 0 spiro atoms. The van der Waals surface area contributed by atoms with Crippen molar-refractivity contribution < 1.29 is 32.2 Å². The van der Waals surface area contributed by atoms with Crippen molar-refractivity contribution in [1.29, 1.82) is 0 Å². The molecule has 0 radical (unpaired) electrons. The fourth-order valence-corrected chi connectivity index (χ4v) is 4.50. The molecule has 0 atom stereocenters. The molecule has 202 valence electrons. The Hall–Kier alpha value is -4.33. The quantitative estimate of drug-likeness (QED) is 0.230. The summed E-state index contributed by atoms with van der Waals surface area (Å²) in [5.74, 6) is -1.21. The Morgan fingerprint density at radius 2 is 1.26 bits per heavy atom. The molecule has 1 aromatic heterocycles. The van der Waals surface area contributed by atoms with E-state index in [-0.39, 0.29) is 18.7 Å². The monoisotopic (exact) mass is 535 g/mol. The largest absolute Gasteiger partial charge is 0.468 e. The fraction of sp³-hybridized carbons (Fsp3) is 0.226. The number of ether oxygens (including phenoxy) is 2. The zero-order valence-electron chi connectivity index (χ0n) is 22.1. The summed E-state index contributed by atoms with van der Waals surface area (Å²) >= 11 is 0. The Kier molecular flexibility index (Phi) is 7.95. The maximum Gasteiger partial charge on any atom is 0.416 e. The highest BCUT2D eigenvalue weighted by Crippen LogP contribution is 2.44. The number of carbonyl (C=O) groups excluding carboxylic acids is 2. The van der Waals surface area contributed by atoms with E-state index in [1.165, 1.54) is 19.2 Å². The first-order valence-electron chi connectivity index (χ1n) is 12.4. The second-order valence-corrected chi connectivity index (χ2v) is 9.14. The van der Waals surface area contributed by atoms with Crippen molar-refractivity contribution in [2.45, 2.75) is 33.5 Å². The van der Waals surface area contributed by atoms with Crippen molar-refractivity contribution in [1.82, 2.24) is 4.57 Å². The molecule has 8 heteroatoms. The molecule has 0 unspecified atom stereocenters. The highest BCUT2D eigenvalue weighted by atomic mass is 19.4. The molecule has 4 rings (SSSR count). The van der Waals surface area contributed by atoms with E-state index in [0.717, 1.165) is 23.3 Å². The van der Waals surface area contributed by atoms with Gasteiger partial charge in [0, 0.05) is 5.56 Å². The summed E-state index contributed by atoms with van der Waals surface area (Å²) in [4.78, 5) is 26.3. The molecular weight excluding hydrogens is 507 g/mol. The summed E-state index contributed by atoms with van der Waals surface area (Å²) in [5, 5.41) is 0. The third-order valence-electron chi connectivity index (χ3n) is 6.41. The number of hydrogen-bond acceptors (Lipinski definition) is 4. The van der Waals surface area contributed by atoms with E-state index in [1.807, 2.05) is 62.4 Å². The van der Waals surface area contributed by atoms with Gasteiger partial charge < -0.3 is 14.0 Å². The summed E-state index contributed by atoms with van der Waals surface area (Å²) in [7, 11) is 1.27. The zero-order valence-corrected chi connectivity index (χ0v) is 22.1. The molecule has 5 nitrogen and oxygen atoms in total. The number of nitrogens with zero attached hydrogens (tertiary/aromatic N) is 1. The van der Waals surface area contributed by atoms with Crippen LogP contribution < -0.4 is 0 Å². The Labute approximate surface area is 224 Å². The van der Waals surface area contributed by atoms with Gasteiger partial charge in [-0.1, -0.05) is 71.8 Å². The molecular formula is C31H28F3NO4. The van der Waals surface area contributed by atoms with E-state index in [9.17, 15) is 22.8 Å². The van der Waals surface area contributed by atoms with Crippen molar-refractivity contribution in [3.05, 3.63) is 95.1 Å². The van der Waals surface area contributed by atoms with E-state index in [0.29, 0.717) is 33.6 Å². The highest BCUT2D eigenvalue weighted by Gasteiger charge is 2.33. The summed E-state index contributed by atoms with van der Waals surface area (Å²) in [5.41, 5.74) is 4.26. The number of halogens is 3. The molecule has 0 fully saturated rings. The van der Waals surface area contributed by atoms with E-state index in [1.54, 1.807) is 11.5 Å². The van der Waals surface area contributed by atoms with Gasteiger partial charge >= 0.3 is 18.1 Å². The minimum absolute atomic E-state index is 0.0840. The number of rotatable bonds is 7. The maximum atomic E-state index is 13.6. The number of carbonyl (C=O) groups is 2. The van der Waals surface area contributed by atoms with Gasteiger partial charge in [-0.3, -0.25) is 4.79 Å². The van der Waals surface area contributed by atoms with Crippen LogP contribution in [0.3, 0.4) is 0 Å². The Balaban J connectivity index is 2.17. The van der Waals surface area contributed by atoms with E-state index >= 15 is 0 Å². The Bertz CT molecular complexity index is 1480. The predicted octanol–water partition coefficient (Wildman–Crippen LogP) is 7.47. The maximum absolute atomic E-state index is 13.6. The van der Waals surface area contributed by atoms with Crippen LogP contribution in [0.4, 0.5) is 13.2 Å². The molecule has 0 aliphatic heterocycles. The molecule has 0 bridgehead atoms. The standard InChI is InChI=1S/C31H28F3NO4/c1-5-39-30(37)27-26(21-14-16-24(17-15-21)31(32,33)34)28(22-10-6-19(2)7-11-22)35(18-25(36)38-4)29(27)23-12-8-20(3)9-13-23/h6-17H,5,18H2,1-4H3. The molecule has 4 aromatic rings. The van der Waals surface area contributed by atoms with Crippen LogP contribution in [0, 0.1) is 13.8 Å². The van der Waals surface area contributed by atoms with Crippen LogP contribution >= 0.6 is 0 Å². The average molecular weight is 536 g/mol. The zero-order chi connectivity index (χ0) is 28.3. The molecule has 3 aromatic carbocycles. The predicted molar refractivity (Wildman–Crippen MR) is 143 cm³/mol. The molecule has 0 aliphatic carbocycles. The van der Waals surface area contributed by atoms with Crippen LogP contribution in [0.5, 0.6) is 0 Å². The van der Waals surface area contributed by atoms with Crippen LogP contribution in [-0.4, -0.2) is 30.2 Å². The number of aryl methyl sites for hydroxylation is 2. The van der Waals surface area contributed by atoms with Crippen LogP contribution in [0.2, 0.25) is 0 Å². The average Bonchev–Trinajstić information content (AvgIpc) is 3.24. The van der Waals surface area contributed by atoms with Gasteiger partial charge in [0.1, 0.15) is 6.54 Å². The van der Waals surface area contributed by atoms with Gasteiger partial charge in [0.25, 0.3) is 0 Å². The minimum Gasteiger partial charge on any atom is -0.468 e. The molecule has 0 saturated carbocycles. The van der Waals surface area contributed by atoms with E-state index < -0.39 is 23.7 Å². The first-order valence-corrected chi connectivity index (χ1v) is 12.4. The third-order valence-corrected chi connectivity index (χ3v) is 6.41. The molecule has 0 aliphatic rings. The first-order chi connectivity index (χ1) is 18.5. The lowest BCUT2D eigenvalue weighted by atomic mass is 9.94. The third kappa shape index (κ3) is 5.74. The smallest absolute Gasteiger partial charge is 0.416 e. The Morgan fingerprint density at radius 3 is 1.72 bits per heavy atom. The van der Waals surface area contributed by atoms with Crippen molar-refractivity contribution in [3.63, 3.8) is 0 Å². The van der Waals surface area contributed by atoms with Crippen LogP contribution in [0.15, 0.2) is 72.8 Å². The van der Waals surface area contributed by atoms with Gasteiger partial charge in [-0.2, -0.15) is 13.2 Å². The molecule has 0 amide bonds. The van der Waals surface area contributed by atoms with Gasteiger partial charge in [-0.05, 0) is 49.6 Å². The molecule has 0 saturated heterocycles. The van der Waals surface area contributed by atoms with Crippen LogP contribution in [0.1, 0.15) is 34.0 Å². The SMILES string of the molecule is CCOC(=O)c1c(-c2ccc(C(F)(F)F)cc2)c(-c2ccc(C)cc2)n(CC(=O)OC)c1-c1ccc(C)cc1. The topological polar surface area (TPSA) is 57.5 Å². The van der Waals surface area contributed by atoms with Crippen LogP contribution in [0.25, 0.3) is 33.6 Å². The van der Waals surface area contributed by atoms with Crippen molar-refractivity contribution in [2.24, 2.45) is 0 Å². The van der Waals surface area contributed by atoms with Gasteiger partial charge in [0.15, 0.2) is 0 Å². The first kappa shape index (κ1) is 27.7. The molecule has 0 N–H and O–H groups in total. The summed E-state index contributed by atoms with van der Waals surface area (Å²) in [6, 6.07) is 19.5. The number of hydrogen-bond donors (Lipinski definition) is 0. The highest BCUT2D eigenvalue weighted by molar-refractivity contribution is 6.08. The van der Waals surface area contributed by atoms with E-state index in [4.69, 9.17) is 9.47 Å². The number of esters is 2. The number of benzene rings is 3. The summed E-state index contributed by atoms with van der Waals surface area (Å²) in [6.45, 7) is 5.37. The second kappa shape index (κ2) is 11.2. The summed E-state index contributed by atoms with van der Waals surface area (Å²) in [6.07, 6.45) is -4.52. The lowest BCUT2D eigenvalue weighted by Crippen LogP contribution is -2.14. The number of methoxy groups -OCH3 is 1.